The van der Waals surface area contributed by atoms with Gasteiger partial charge in [-0.2, -0.15) is 0 Å². The Bertz CT molecular complexity index is 398. The van der Waals surface area contributed by atoms with Gasteiger partial charge >= 0.3 is 5.97 Å². The van der Waals surface area contributed by atoms with E-state index in [1.807, 2.05) is 0 Å². The predicted octanol–water partition coefficient (Wildman–Crippen LogP) is 1.88. The lowest BCUT2D eigenvalue weighted by molar-refractivity contribution is -0.136. The van der Waals surface area contributed by atoms with E-state index in [-0.39, 0.29) is 16.5 Å². The summed E-state index contributed by atoms with van der Waals surface area (Å²) in [5.41, 5.74) is 4.18. The molecule has 15 heavy (non-hydrogen) atoms. The van der Waals surface area contributed by atoms with Crippen molar-refractivity contribution in [3.8, 4) is 0 Å². The lowest BCUT2D eigenvalue weighted by Gasteiger charge is -2.09. The molecule has 0 aliphatic carbocycles. The van der Waals surface area contributed by atoms with E-state index in [0.29, 0.717) is 0 Å². The number of aromatic nitrogens is 1. The Kier molecular flexibility index (Phi) is 3.41. The summed E-state index contributed by atoms with van der Waals surface area (Å²) in [7, 11) is 0. The number of hydrogen-bond donors (Lipinski definition) is 2. The van der Waals surface area contributed by atoms with Gasteiger partial charge in [-0.1, -0.05) is 11.6 Å². The first-order chi connectivity index (χ1) is 6.91. The molecular formula is C8H7ClF2N2O2. The van der Waals surface area contributed by atoms with Crippen molar-refractivity contribution < 1.29 is 18.7 Å². The zero-order valence-corrected chi connectivity index (χ0v) is 8.13. The van der Waals surface area contributed by atoms with Gasteiger partial charge in [0.1, 0.15) is 5.15 Å². The van der Waals surface area contributed by atoms with Crippen molar-refractivity contribution in [1.82, 2.24) is 4.98 Å². The van der Waals surface area contributed by atoms with Gasteiger partial charge in [-0.25, -0.2) is 13.8 Å². The number of nitrogen functional groups attached to an aromatic ring is 1. The molecule has 0 aliphatic rings. The molecule has 1 heterocycles. The van der Waals surface area contributed by atoms with Crippen molar-refractivity contribution in [2.45, 2.75) is 12.8 Å². The lowest BCUT2D eigenvalue weighted by atomic mass is 10.1. The molecular weight excluding hydrogens is 230 g/mol. The highest BCUT2D eigenvalue weighted by molar-refractivity contribution is 6.29. The number of anilines is 1. The summed E-state index contributed by atoms with van der Waals surface area (Å²) in [5.74, 6) is -1.27. The number of alkyl halides is 2. The highest BCUT2D eigenvalue weighted by Crippen LogP contribution is 2.29. The van der Waals surface area contributed by atoms with Crippen LogP contribution in [-0.2, 0) is 11.2 Å². The minimum absolute atomic E-state index is 0.104. The highest BCUT2D eigenvalue weighted by atomic mass is 35.5. The maximum Gasteiger partial charge on any atom is 0.309 e. The van der Waals surface area contributed by atoms with Gasteiger partial charge in [-0.15, -0.1) is 0 Å². The van der Waals surface area contributed by atoms with Crippen LogP contribution in [0.5, 0.6) is 0 Å². The summed E-state index contributed by atoms with van der Waals surface area (Å²) in [6, 6.07) is 1.06. The fourth-order valence-corrected chi connectivity index (χ4v) is 1.34. The van der Waals surface area contributed by atoms with Crippen molar-refractivity contribution in [3.63, 3.8) is 0 Å². The van der Waals surface area contributed by atoms with Crippen molar-refractivity contribution >= 4 is 23.3 Å². The molecule has 0 radical (unpaired) electrons. The van der Waals surface area contributed by atoms with E-state index < -0.39 is 24.4 Å². The normalized spacial score (nSPS) is 10.7. The van der Waals surface area contributed by atoms with Crippen LogP contribution in [0.25, 0.3) is 0 Å². The number of pyridine rings is 1. The van der Waals surface area contributed by atoms with E-state index in [4.69, 9.17) is 22.4 Å². The first kappa shape index (κ1) is 11.6. The zero-order chi connectivity index (χ0) is 11.6. The molecule has 4 nitrogen and oxygen atoms in total. The fourth-order valence-electron chi connectivity index (χ4n) is 1.12. The van der Waals surface area contributed by atoms with Gasteiger partial charge < -0.3 is 10.8 Å². The molecule has 3 N–H and O–H groups in total. The van der Waals surface area contributed by atoms with E-state index in [1.54, 1.807) is 0 Å². The topological polar surface area (TPSA) is 76.2 Å². The first-order valence-electron chi connectivity index (χ1n) is 3.86. The number of rotatable bonds is 3. The molecule has 0 saturated carbocycles. The van der Waals surface area contributed by atoms with Crippen LogP contribution in [0.1, 0.15) is 17.7 Å². The first-order valence-corrected chi connectivity index (χ1v) is 4.24. The third-order valence-corrected chi connectivity index (χ3v) is 1.87. The number of aliphatic carboxylic acids is 1. The summed E-state index contributed by atoms with van der Waals surface area (Å²) in [5, 5.41) is 8.38. The van der Waals surface area contributed by atoms with Gasteiger partial charge in [-0.05, 0) is 6.07 Å². The number of nitrogens with two attached hydrogens (primary N) is 1. The molecule has 1 aromatic heterocycles. The van der Waals surface area contributed by atoms with E-state index in [2.05, 4.69) is 4.98 Å². The summed E-state index contributed by atoms with van der Waals surface area (Å²) in [4.78, 5) is 13.9. The monoisotopic (exact) mass is 236 g/mol. The van der Waals surface area contributed by atoms with E-state index in [1.165, 1.54) is 0 Å². The molecule has 1 rings (SSSR count). The molecule has 1 aromatic rings. The second kappa shape index (κ2) is 4.39. The smallest absolute Gasteiger partial charge is 0.309 e. The van der Waals surface area contributed by atoms with Crippen LogP contribution in [0.15, 0.2) is 6.07 Å². The minimum Gasteiger partial charge on any atom is -0.481 e. The van der Waals surface area contributed by atoms with Crippen LogP contribution < -0.4 is 5.73 Å². The Morgan fingerprint density at radius 3 is 2.73 bits per heavy atom. The second-order valence-electron chi connectivity index (χ2n) is 2.77. The third-order valence-electron chi connectivity index (χ3n) is 1.68. The largest absolute Gasteiger partial charge is 0.481 e. The minimum atomic E-state index is -2.87. The fraction of sp³-hybridized carbons (Fsp3) is 0.250. The predicted molar refractivity (Wildman–Crippen MR) is 50.0 cm³/mol. The molecule has 0 spiro atoms. The standard InChI is InChI=1S/C8H7ClF2N2O2/c9-5-1-3(12)7(8(10)11)4(13-5)2-6(14)15/h1,8H,2H2,(H2,12,13)(H,14,15). The van der Waals surface area contributed by atoms with Gasteiger partial charge in [0.15, 0.2) is 0 Å². The molecule has 0 aromatic carbocycles. The summed E-state index contributed by atoms with van der Waals surface area (Å²) < 4.78 is 25.0. The zero-order valence-electron chi connectivity index (χ0n) is 7.38. The SMILES string of the molecule is Nc1cc(Cl)nc(CC(=O)O)c1C(F)F. The van der Waals surface area contributed by atoms with Gasteiger partial charge in [-0.3, -0.25) is 4.79 Å². The molecule has 0 atom stereocenters. The Morgan fingerprint density at radius 2 is 2.27 bits per heavy atom. The van der Waals surface area contributed by atoms with Crippen molar-refractivity contribution in [1.29, 1.82) is 0 Å². The summed E-state index contributed by atoms with van der Waals surface area (Å²) >= 11 is 5.48. The molecule has 82 valence electrons. The lowest BCUT2D eigenvalue weighted by Crippen LogP contribution is -2.09. The van der Waals surface area contributed by atoms with Gasteiger partial charge in [0.05, 0.1) is 17.7 Å². The quantitative estimate of drug-likeness (QED) is 0.786. The molecule has 0 saturated heterocycles. The number of carbonyl (C=O) groups is 1. The van der Waals surface area contributed by atoms with Crippen LogP contribution in [-0.4, -0.2) is 16.1 Å². The Labute approximate surface area is 88.7 Å². The van der Waals surface area contributed by atoms with Gasteiger partial charge in [0.25, 0.3) is 6.43 Å². The maximum atomic E-state index is 12.5. The molecule has 0 fully saturated rings. The van der Waals surface area contributed by atoms with Crippen molar-refractivity contribution in [2.75, 3.05) is 5.73 Å². The van der Waals surface area contributed by atoms with Crippen LogP contribution in [0, 0.1) is 0 Å². The van der Waals surface area contributed by atoms with Gasteiger partial charge in [0, 0.05) is 5.69 Å². The number of hydrogen-bond acceptors (Lipinski definition) is 3. The van der Waals surface area contributed by atoms with E-state index >= 15 is 0 Å². The summed E-state index contributed by atoms with van der Waals surface area (Å²) in [6.07, 6.45) is -3.51. The highest BCUT2D eigenvalue weighted by Gasteiger charge is 2.20. The number of carboxylic acid groups (broad SMARTS) is 1. The van der Waals surface area contributed by atoms with Crippen LogP contribution in [0.3, 0.4) is 0 Å². The summed E-state index contributed by atoms with van der Waals surface area (Å²) in [6.45, 7) is 0. The van der Waals surface area contributed by atoms with Crippen molar-refractivity contribution in [3.05, 3.63) is 22.5 Å². The van der Waals surface area contributed by atoms with Gasteiger partial charge in [0.2, 0.25) is 0 Å². The number of carboxylic acids is 1. The molecule has 0 amide bonds. The Morgan fingerprint density at radius 1 is 1.67 bits per heavy atom. The van der Waals surface area contributed by atoms with Crippen LogP contribution in [0.4, 0.5) is 14.5 Å². The molecule has 7 heteroatoms. The van der Waals surface area contributed by atoms with Crippen LogP contribution >= 0.6 is 11.6 Å². The number of halogens is 3. The third kappa shape index (κ3) is 2.76. The Hall–Kier alpha value is -1.43. The maximum absolute atomic E-state index is 12.5. The Balaban J connectivity index is 3.26. The second-order valence-corrected chi connectivity index (χ2v) is 3.15. The average Bonchev–Trinajstić information content (AvgIpc) is 1.99. The van der Waals surface area contributed by atoms with Crippen molar-refractivity contribution in [2.24, 2.45) is 0 Å². The van der Waals surface area contributed by atoms with E-state index in [9.17, 15) is 13.6 Å². The number of nitrogens with zero attached hydrogens (tertiary/aromatic N) is 1. The van der Waals surface area contributed by atoms with E-state index in [0.717, 1.165) is 6.07 Å². The molecule has 0 aliphatic heterocycles. The average molecular weight is 237 g/mol. The van der Waals surface area contributed by atoms with Crippen LogP contribution in [0.2, 0.25) is 5.15 Å². The molecule has 0 unspecified atom stereocenters. The molecule has 0 bridgehead atoms.